The maximum absolute atomic E-state index is 13.3. The number of esters is 2. The molecular weight excluding hydrogens is 585 g/mol. The molecule has 4 aromatic rings. The molecule has 0 aliphatic heterocycles. The summed E-state index contributed by atoms with van der Waals surface area (Å²) in [4.78, 5) is 33.2. The van der Waals surface area contributed by atoms with E-state index in [0.29, 0.717) is 16.3 Å². The molecule has 0 heterocycles. The van der Waals surface area contributed by atoms with Crippen LogP contribution >= 0.6 is 0 Å². The summed E-state index contributed by atoms with van der Waals surface area (Å²) in [5, 5.41) is 20.6. The summed E-state index contributed by atoms with van der Waals surface area (Å²) in [5.74, 6) is -5.23. The van der Waals surface area contributed by atoms with Gasteiger partial charge in [-0.3, -0.25) is 20.2 Å². The minimum atomic E-state index is -5.43. The first kappa shape index (κ1) is 29.5. The van der Waals surface area contributed by atoms with Crippen molar-refractivity contribution < 1.29 is 45.6 Å². The van der Waals surface area contributed by atoms with E-state index in [4.69, 9.17) is 15.9 Å². The molecule has 0 spiro atoms. The third-order valence-corrected chi connectivity index (χ3v) is 6.96. The second-order valence-corrected chi connectivity index (χ2v) is 10.1. The van der Waals surface area contributed by atoms with Crippen LogP contribution in [0.15, 0.2) is 83.8 Å². The van der Waals surface area contributed by atoms with Crippen LogP contribution in [0.4, 0.5) is 24.5 Å². The Morgan fingerprint density at radius 1 is 0.929 bits per heavy atom. The average molecular weight is 603 g/mol. The number of ether oxygens (including phenoxy) is 2. The molecule has 4 aromatic carbocycles. The number of nitrogens with two attached hydrogens (primary N) is 1. The molecule has 0 radical (unpaired) electrons. The van der Waals surface area contributed by atoms with Crippen LogP contribution in [0.5, 0.6) is 11.5 Å². The number of fused-ring (bicyclic) bond motifs is 1. The lowest BCUT2D eigenvalue weighted by atomic mass is 10.1. The van der Waals surface area contributed by atoms with Gasteiger partial charge in [-0.1, -0.05) is 30.3 Å². The van der Waals surface area contributed by atoms with Gasteiger partial charge in [-0.05, 0) is 53.2 Å². The van der Waals surface area contributed by atoms with Gasteiger partial charge >= 0.3 is 23.8 Å². The Morgan fingerprint density at radius 3 is 2.26 bits per heavy atom. The van der Waals surface area contributed by atoms with Crippen LogP contribution in [0.3, 0.4) is 0 Å². The number of hydrogen-bond acceptors (Lipinski definition) is 9. The van der Waals surface area contributed by atoms with E-state index in [2.05, 4.69) is 9.46 Å². The summed E-state index contributed by atoms with van der Waals surface area (Å²) in [6.07, 6.45) is -5.43. The van der Waals surface area contributed by atoms with Gasteiger partial charge in [-0.2, -0.15) is 13.2 Å². The lowest BCUT2D eigenvalue weighted by Crippen LogP contribution is -2.28. The van der Waals surface area contributed by atoms with Crippen LogP contribution in [0.2, 0.25) is 0 Å². The zero-order valence-electron chi connectivity index (χ0n) is 20.8. The van der Waals surface area contributed by atoms with Crippen LogP contribution in [-0.2, 0) is 19.6 Å². The van der Waals surface area contributed by atoms with Crippen molar-refractivity contribution in [2.75, 3.05) is 4.72 Å². The molecule has 42 heavy (non-hydrogen) atoms. The number of alkyl halides is 3. The normalized spacial score (nSPS) is 11.5. The molecule has 16 heteroatoms. The number of nitrogen functional groups attached to an aromatic ring is 1. The van der Waals surface area contributed by atoms with Crippen LogP contribution in [0.25, 0.3) is 10.8 Å². The second-order valence-electron chi connectivity index (χ2n) is 8.46. The molecule has 0 aromatic heterocycles. The van der Waals surface area contributed by atoms with Crippen molar-refractivity contribution in [3.8, 4) is 11.5 Å². The van der Waals surface area contributed by atoms with Crippen LogP contribution in [-0.4, -0.2) is 37.3 Å². The summed E-state index contributed by atoms with van der Waals surface area (Å²) >= 11 is 0. The number of carbonyl (C=O) groups excluding carboxylic acids is 2. The maximum Gasteiger partial charge on any atom is 0.491 e. The predicted octanol–water partition coefficient (Wildman–Crippen LogP) is 4.87. The topological polar surface area (TPSA) is 192 Å². The molecule has 4 rings (SSSR count). The van der Waals surface area contributed by atoms with E-state index in [1.807, 2.05) is 0 Å². The van der Waals surface area contributed by atoms with E-state index in [0.717, 1.165) is 42.5 Å². The Hall–Kier alpha value is -5.51. The highest BCUT2D eigenvalue weighted by Crippen LogP contribution is 2.39. The molecule has 0 atom stereocenters. The minimum absolute atomic E-state index is 0.0305. The molecule has 0 saturated heterocycles. The third-order valence-electron chi connectivity index (χ3n) is 5.55. The number of anilines is 1. The molecule has 0 unspecified atom stereocenters. The van der Waals surface area contributed by atoms with E-state index in [1.54, 1.807) is 24.3 Å². The van der Waals surface area contributed by atoms with Gasteiger partial charge in [-0.15, -0.1) is 0 Å². The Bertz CT molecular complexity index is 1880. The Kier molecular flexibility index (Phi) is 7.84. The zero-order valence-corrected chi connectivity index (χ0v) is 21.7. The van der Waals surface area contributed by atoms with Gasteiger partial charge in [0.25, 0.3) is 10.0 Å². The van der Waals surface area contributed by atoms with Gasteiger partial charge in [0.05, 0.1) is 10.5 Å². The average Bonchev–Trinajstić information content (AvgIpc) is 2.91. The van der Waals surface area contributed by atoms with Gasteiger partial charge in [0.1, 0.15) is 16.5 Å². The van der Waals surface area contributed by atoms with Gasteiger partial charge < -0.3 is 15.2 Å². The van der Waals surface area contributed by atoms with E-state index in [-0.39, 0.29) is 17.3 Å². The lowest BCUT2D eigenvalue weighted by Gasteiger charge is -2.14. The Labute approximate surface area is 234 Å². The van der Waals surface area contributed by atoms with Crippen molar-refractivity contribution in [2.24, 2.45) is 5.73 Å². The molecule has 0 fully saturated rings. The molecular formula is C26H17F3N4O8S. The van der Waals surface area contributed by atoms with Crippen molar-refractivity contribution in [3.63, 3.8) is 0 Å². The number of benzene rings is 4. The summed E-state index contributed by atoms with van der Waals surface area (Å²) in [7, 11) is -4.68. The molecule has 12 nitrogen and oxygen atoms in total. The van der Waals surface area contributed by atoms with Crippen molar-refractivity contribution in [1.29, 1.82) is 5.41 Å². The van der Waals surface area contributed by atoms with Crippen molar-refractivity contribution in [3.05, 3.63) is 100 Å². The first-order valence-corrected chi connectivity index (χ1v) is 12.9. The number of nitro groups is 1. The standard InChI is InChI=1S/C26H17F3N4O8S/c27-26(28,29)25(35)41-24(34)17-3-1-4-18(12-17)32-42(38,39)21-6-2-5-20(33(36)37)22(21)40-19-10-9-14-11-16(23(30)31)8-7-15(14)13-19/h1-13,32H,(H3,30,31). The largest absolute Gasteiger partial charge is 0.491 e. The number of amidine groups is 1. The van der Waals surface area contributed by atoms with E-state index in [1.165, 1.54) is 12.1 Å². The van der Waals surface area contributed by atoms with Gasteiger partial charge in [0.2, 0.25) is 5.75 Å². The van der Waals surface area contributed by atoms with Gasteiger partial charge in [0.15, 0.2) is 0 Å². The zero-order chi connectivity index (χ0) is 30.8. The second kappa shape index (κ2) is 11.2. The number of nitrogens with one attached hydrogen (secondary N) is 2. The fourth-order valence-corrected chi connectivity index (χ4v) is 4.85. The summed E-state index contributed by atoms with van der Waals surface area (Å²) < 4.78 is 75.5. The van der Waals surface area contributed by atoms with Crippen molar-refractivity contribution in [2.45, 2.75) is 11.1 Å². The number of para-hydroxylation sites is 1. The number of rotatable bonds is 8. The van der Waals surface area contributed by atoms with Crippen molar-refractivity contribution in [1.82, 2.24) is 0 Å². The SMILES string of the molecule is N=C(N)c1ccc2cc(Oc3c([N+](=O)[O-])cccc3S(=O)(=O)Nc3cccc(C(=O)OC(=O)C(F)(F)F)c3)ccc2c1. The maximum atomic E-state index is 13.3. The molecule has 0 bridgehead atoms. The number of hydrogen-bond donors (Lipinski definition) is 3. The van der Waals surface area contributed by atoms with E-state index < -0.39 is 55.0 Å². The quantitative estimate of drug-likeness (QED) is 0.0630. The molecule has 216 valence electrons. The number of halogens is 3. The fourth-order valence-electron chi connectivity index (χ4n) is 3.66. The minimum Gasteiger partial charge on any atom is -0.449 e. The van der Waals surface area contributed by atoms with Crippen LogP contribution in [0.1, 0.15) is 15.9 Å². The number of carbonyl (C=O) groups is 2. The Morgan fingerprint density at radius 2 is 1.60 bits per heavy atom. The van der Waals surface area contributed by atoms with Crippen molar-refractivity contribution >= 4 is 49.9 Å². The summed E-state index contributed by atoms with van der Waals surface area (Å²) in [6.45, 7) is 0. The van der Waals surface area contributed by atoms with Gasteiger partial charge in [0, 0.05) is 17.3 Å². The monoisotopic (exact) mass is 602 g/mol. The Balaban J connectivity index is 1.68. The number of nitrogens with zero attached hydrogens (tertiary/aromatic N) is 1. The lowest BCUT2D eigenvalue weighted by molar-refractivity contribution is -0.385. The van der Waals surface area contributed by atoms with Crippen LogP contribution in [0, 0.1) is 15.5 Å². The highest BCUT2D eigenvalue weighted by atomic mass is 32.2. The van der Waals surface area contributed by atoms with E-state index >= 15 is 0 Å². The van der Waals surface area contributed by atoms with E-state index in [9.17, 15) is 41.3 Å². The first-order valence-electron chi connectivity index (χ1n) is 11.5. The summed E-state index contributed by atoms with van der Waals surface area (Å²) in [6, 6.07) is 16.5. The smallest absolute Gasteiger partial charge is 0.449 e. The molecule has 0 amide bonds. The van der Waals surface area contributed by atoms with Crippen LogP contribution < -0.4 is 15.2 Å². The highest BCUT2D eigenvalue weighted by molar-refractivity contribution is 7.92. The summed E-state index contributed by atoms with van der Waals surface area (Å²) in [5.41, 5.74) is 4.33. The first-order chi connectivity index (χ1) is 19.7. The molecule has 4 N–H and O–H groups in total. The van der Waals surface area contributed by atoms with Gasteiger partial charge in [-0.25, -0.2) is 18.0 Å². The third kappa shape index (κ3) is 6.44. The molecule has 0 aliphatic rings. The molecule has 0 saturated carbocycles. The fraction of sp³-hybridized carbons (Fsp3) is 0.0385. The number of sulfonamides is 1. The predicted molar refractivity (Wildman–Crippen MR) is 142 cm³/mol. The highest BCUT2D eigenvalue weighted by Gasteiger charge is 2.42. The number of nitro benzene ring substituents is 1. The molecule has 0 aliphatic carbocycles.